The number of amides is 2. The summed E-state index contributed by atoms with van der Waals surface area (Å²) in [4.78, 5) is 24.1. The predicted molar refractivity (Wildman–Crippen MR) is 66.5 cm³/mol. The molecule has 6 nitrogen and oxygen atoms in total. The van der Waals surface area contributed by atoms with E-state index in [-0.39, 0.29) is 18.6 Å². The van der Waals surface area contributed by atoms with Gasteiger partial charge in [0.15, 0.2) is 0 Å². The fourth-order valence-corrected chi connectivity index (χ4v) is 1.98. The Morgan fingerprint density at radius 1 is 1.50 bits per heavy atom. The van der Waals surface area contributed by atoms with Gasteiger partial charge >= 0.3 is 12.0 Å². The lowest BCUT2D eigenvalue weighted by Crippen LogP contribution is -2.51. The highest BCUT2D eigenvalue weighted by atomic mass is 16.5. The topological polar surface area (TPSA) is 78.9 Å². The molecule has 18 heavy (non-hydrogen) atoms. The second-order valence-corrected chi connectivity index (χ2v) is 5.40. The quantitative estimate of drug-likeness (QED) is 0.773. The van der Waals surface area contributed by atoms with Gasteiger partial charge in [-0.15, -0.1) is 0 Å². The van der Waals surface area contributed by atoms with Crippen LogP contribution in [0, 0.1) is 0 Å². The van der Waals surface area contributed by atoms with Crippen molar-refractivity contribution < 1.29 is 19.4 Å². The average molecular weight is 258 g/mol. The monoisotopic (exact) mass is 258 g/mol. The van der Waals surface area contributed by atoms with Gasteiger partial charge in [0.25, 0.3) is 0 Å². The number of carbonyl (C=O) groups excluding carboxylic acids is 1. The van der Waals surface area contributed by atoms with Gasteiger partial charge in [-0.3, -0.25) is 4.79 Å². The highest BCUT2D eigenvalue weighted by molar-refractivity contribution is 5.76. The lowest BCUT2D eigenvalue weighted by atomic mass is 10.0. The van der Waals surface area contributed by atoms with Gasteiger partial charge in [-0.05, 0) is 26.7 Å². The maximum Gasteiger partial charge on any atom is 0.317 e. The molecule has 0 saturated carbocycles. The van der Waals surface area contributed by atoms with Crippen molar-refractivity contribution in [2.45, 2.75) is 44.8 Å². The largest absolute Gasteiger partial charge is 0.481 e. The smallest absolute Gasteiger partial charge is 0.317 e. The number of rotatable bonds is 5. The molecule has 1 aliphatic heterocycles. The van der Waals surface area contributed by atoms with Crippen molar-refractivity contribution in [3.63, 3.8) is 0 Å². The lowest BCUT2D eigenvalue weighted by Gasteiger charge is -2.29. The van der Waals surface area contributed by atoms with Crippen LogP contribution < -0.4 is 5.32 Å². The van der Waals surface area contributed by atoms with Crippen LogP contribution in [0.2, 0.25) is 0 Å². The second-order valence-electron chi connectivity index (χ2n) is 5.40. The molecule has 2 N–H and O–H groups in total. The molecule has 0 radical (unpaired) electrons. The molecule has 1 fully saturated rings. The summed E-state index contributed by atoms with van der Waals surface area (Å²) in [6.45, 7) is 4.68. The Hall–Kier alpha value is -1.30. The third kappa shape index (κ3) is 4.91. The van der Waals surface area contributed by atoms with Gasteiger partial charge in [0.1, 0.15) is 0 Å². The molecule has 1 saturated heterocycles. The Morgan fingerprint density at radius 2 is 2.17 bits per heavy atom. The van der Waals surface area contributed by atoms with Gasteiger partial charge in [-0.25, -0.2) is 4.79 Å². The molecule has 0 aromatic carbocycles. The van der Waals surface area contributed by atoms with Crippen LogP contribution in [0.25, 0.3) is 0 Å². The number of carbonyl (C=O) groups is 2. The SMILES string of the molecule is CN(CC1CCCO1)C(=O)NC(C)(C)CC(=O)O. The van der Waals surface area contributed by atoms with E-state index >= 15 is 0 Å². The number of ether oxygens (including phenoxy) is 1. The fraction of sp³-hybridized carbons (Fsp3) is 0.833. The molecule has 6 heteroatoms. The number of carboxylic acids is 1. The second kappa shape index (κ2) is 6.04. The number of likely N-dealkylation sites (N-methyl/N-ethyl adjacent to an activating group) is 1. The van der Waals surface area contributed by atoms with Crippen molar-refractivity contribution in [3.8, 4) is 0 Å². The summed E-state index contributed by atoms with van der Waals surface area (Å²) >= 11 is 0. The Balaban J connectivity index is 2.40. The summed E-state index contributed by atoms with van der Waals surface area (Å²) in [5.74, 6) is -0.929. The fourth-order valence-electron chi connectivity index (χ4n) is 1.98. The molecule has 2 amide bonds. The van der Waals surface area contributed by atoms with Crippen molar-refractivity contribution in [2.75, 3.05) is 20.2 Å². The molecule has 0 aromatic rings. The number of carboxylic acid groups (broad SMARTS) is 1. The molecular formula is C12H22N2O4. The lowest BCUT2D eigenvalue weighted by molar-refractivity contribution is -0.138. The first-order chi connectivity index (χ1) is 8.30. The van der Waals surface area contributed by atoms with Crippen molar-refractivity contribution in [3.05, 3.63) is 0 Å². The van der Waals surface area contributed by atoms with E-state index in [0.717, 1.165) is 19.4 Å². The third-order valence-corrected chi connectivity index (χ3v) is 2.89. The molecule has 1 aliphatic rings. The average Bonchev–Trinajstić information content (AvgIpc) is 2.67. The zero-order valence-corrected chi connectivity index (χ0v) is 11.2. The van der Waals surface area contributed by atoms with E-state index in [1.807, 2.05) is 0 Å². The van der Waals surface area contributed by atoms with Crippen LogP contribution in [0.15, 0.2) is 0 Å². The van der Waals surface area contributed by atoms with Gasteiger partial charge in [0.2, 0.25) is 0 Å². The van der Waals surface area contributed by atoms with E-state index in [1.165, 1.54) is 0 Å². The Morgan fingerprint density at radius 3 is 2.67 bits per heavy atom. The Bertz CT molecular complexity index is 311. The van der Waals surface area contributed by atoms with Crippen LogP contribution >= 0.6 is 0 Å². The van der Waals surface area contributed by atoms with Crippen LogP contribution in [0.1, 0.15) is 33.1 Å². The van der Waals surface area contributed by atoms with E-state index in [2.05, 4.69) is 5.32 Å². The summed E-state index contributed by atoms with van der Waals surface area (Å²) in [5, 5.41) is 11.5. The summed E-state index contributed by atoms with van der Waals surface area (Å²) in [7, 11) is 1.69. The van der Waals surface area contributed by atoms with Gasteiger partial charge in [0.05, 0.1) is 12.5 Å². The molecule has 0 aromatic heterocycles. The van der Waals surface area contributed by atoms with Gasteiger partial charge in [-0.1, -0.05) is 0 Å². The number of urea groups is 1. The standard InChI is InChI=1S/C12H22N2O4/c1-12(2,7-10(15)16)13-11(17)14(3)8-9-5-4-6-18-9/h9H,4-8H2,1-3H3,(H,13,17)(H,15,16). The minimum absolute atomic E-state index is 0.100. The van der Waals surface area contributed by atoms with Gasteiger partial charge in [-0.2, -0.15) is 0 Å². The first-order valence-electron chi connectivity index (χ1n) is 6.17. The van der Waals surface area contributed by atoms with Gasteiger partial charge < -0.3 is 20.1 Å². The first kappa shape index (κ1) is 14.8. The molecule has 1 rings (SSSR count). The summed E-state index contributed by atoms with van der Waals surface area (Å²) in [5.41, 5.74) is -0.756. The minimum Gasteiger partial charge on any atom is -0.481 e. The highest BCUT2D eigenvalue weighted by Gasteiger charge is 2.26. The van der Waals surface area contributed by atoms with Crippen LogP contribution in [0.5, 0.6) is 0 Å². The van der Waals surface area contributed by atoms with Crippen LogP contribution in [-0.4, -0.2) is 53.8 Å². The summed E-state index contributed by atoms with van der Waals surface area (Å²) in [6.07, 6.45) is 2.00. The minimum atomic E-state index is -0.929. The molecule has 104 valence electrons. The van der Waals surface area contributed by atoms with Crippen molar-refractivity contribution >= 4 is 12.0 Å². The zero-order chi connectivity index (χ0) is 13.8. The molecule has 0 spiro atoms. The van der Waals surface area contributed by atoms with Gasteiger partial charge in [0, 0.05) is 25.7 Å². The number of aliphatic carboxylic acids is 1. The third-order valence-electron chi connectivity index (χ3n) is 2.89. The number of nitrogens with zero attached hydrogens (tertiary/aromatic N) is 1. The Kier molecular flexibility index (Phi) is 4.95. The van der Waals surface area contributed by atoms with Crippen LogP contribution in [0.3, 0.4) is 0 Å². The van der Waals surface area contributed by atoms with E-state index in [9.17, 15) is 9.59 Å². The summed E-state index contributed by atoms with van der Waals surface area (Å²) in [6, 6.07) is -0.267. The number of hydrogen-bond donors (Lipinski definition) is 2. The van der Waals surface area contributed by atoms with E-state index < -0.39 is 11.5 Å². The molecule has 0 bridgehead atoms. The molecule has 1 heterocycles. The maximum absolute atomic E-state index is 11.9. The number of nitrogens with one attached hydrogen (secondary N) is 1. The summed E-state index contributed by atoms with van der Waals surface area (Å²) < 4.78 is 5.45. The van der Waals surface area contributed by atoms with E-state index in [1.54, 1.807) is 25.8 Å². The highest BCUT2D eigenvalue weighted by Crippen LogP contribution is 2.14. The first-order valence-corrected chi connectivity index (χ1v) is 6.17. The number of hydrogen-bond acceptors (Lipinski definition) is 3. The van der Waals surface area contributed by atoms with E-state index in [0.29, 0.717) is 6.54 Å². The molecular weight excluding hydrogens is 236 g/mol. The normalized spacial score (nSPS) is 19.6. The van der Waals surface area contributed by atoms with Crippen molar-refractivity contribution in [1.29, 1.82) is 0 Å². The molecule has 1 atom stereocenters. The van der Waals surface area contributed by atoms with Crippen LogP contribution in [-0.2, 0) is 9.53 Å². The van der Waals surface area contributed by atoms with E-state index in [4.69, 9.17) is 9.84 Å². The zero-order valence-electron chi connectivity index (χ0n) is 11.2. The van der Waals surface area contributed by atoms with Crippen molar-refractivity contribution in [2.24, 2.45) is 0 Å². The van der Waals surface area contributed by atoms with Crippen LogP contribution in [0.4, 0.5) is 4.79 Å². The van der Waals surface area contributed by atoms with Crippen molar-refractivity contribution in [1.82, 2.24) is 10.2 Å². The Labute approximate surface area is 107 Å². The predicted octanol–water partition coefficient (Wildman–Crippen LogP) is 1.06. The maximum atomic E-state index is 11.9. The molecule has 1 unspecified atom stereocenters. The molecule has 0 aliphatic carbocycles.